The van der Waals surface area contributed by atoms with Crippen molar-refractivity contribution >= 4 is 23.5 Å². The molecule has 1 heterocycles. The Labute approximate surface area is 167 Å². The topological polar surface area (TPSA) is 43.4 Å². The first-order chi connectivity index (χ1) is 12.8. The van der Waals surface area contributed by atoms with Crippen LogP contribution in [-0.4, -0.2) is 28.9 Å². The lowest BCUT2D eigenvalue weighted by molar-refractivity contribution is -0.167. The number of carbonyl (C=O) groups excluding carboxylic acids is 2. The summed E-state index contributed by atoms with van der Waals surface area (Å²) in [5.74, 6) is 2.36. The summed E-state index contributed by atoms with van der Waals surface area (Å²) in [5.41, 5.74) is 1.58. The molecule has 7 atom stereocenters. The molecule has 0 N–H and O–H groups in total. The van der Waals surface area contributed by atoms with Crippen molar-refractivity contribution in [2.45, 2.75) is 82.5 Å². The molecule has 1 saturated heterocycles. The number of ketones is 1. The van der Waals surface area contributed by atoms with Crippen LogP contribution in [0, 0.1) is 28.6 Å². The molecular formula is C23H32O3S. The molecule has 4 fully saturated rings. The Morgan fingerprint density at radius 2 is 1.81 bits per heavy atom. The van der Waals surface area contributed by atoms with E-state index in [0.717, 1.165) is 32.1 Å². The minimum atomic E-state index is -0.192. The molecule has 0 aromatic rings. The predicted molar refractivity (Wildman–Crippen MR) is 107 cm³/mol. The van der Waals surface area contributed by atoms with Crippen molar-refractivity contribution in [1.82, 2.24) is 0 Å². The summed E-state index contributed by atoms with van der Waals surface area (Å²) in [6, 6.07) is 0. The fraction of sp³-hybridized carbons (Fsp3) is 0.826. The van der Waals surface area contributed by atoms with Gasteiger partial charge in [0.05, 0.1) is 0 Å². The number of carbonyl (C=O) groups is 2. The van der Waals surface area contributed by atoms with Gasteiger partial charge >= 0.3 is 5.97 Å². The van der Waals surface area contributed by atoms with Gasteiger partial charge in [0.1, 0.15) is 5.60 Å². The quantitative estimate of drug-likeness (QED) is 0.597. The van der Waals surface area contributed by atoms with Crippen LogP contribution in [0.1, 0.15) is 71.6 Å². The first-order valence-corrected chi connectivity index (χ1v) is 12.1. The van der Waals surface area contributed by atoms with Gasteiger partial charge in [0.25, 0.3) is 0 Å². The standard InChI is InChI=1S/C23H32O3S/c1-21-8-4-15(24)12-14(21)13-18(27-3)20-16(21)5-9-22(2)17(20)6-10-23(22)11-7-19(25)26-23/h12,16-18,20H,4-11,13H2,1-3H3/t16?,17?,18?,20-,21+,22+,23-/m1/s1. The highest BCUT2D eigenvalue weighted by molar-refractivity contribution is 7.99. The van der Waals surface area contributed by atoms with Crippen LogP contribution in [0.2, 0.25) is 0 Å². The zero-order valence-electron chi connectivity index (χ0n) is 16.9. The van der Waals surface area contributed by atoms with Gasteiger partial charge in [-0.2, -0.15) is 11.8 Å². The van der Waals surface area contributed by atoms with E-state index in [0.29, 0.717) is 35.2 Å². The summed E-state index contributed by atoms with van der Waals surface area (Å²) < 4.78 is 6.07. The smallest absolute Gasteiger partial charge is 0.306 e. The average molecular weight is 389 g/mol. The maximum Gasteiger partial charge on any atom is 0.306 e. The molecule has 0 amide bonds. The molecule has 3 nitrogen and oxygen atoms in total. The molecular weight excluding hydrogens is 356 g/mol. The number of ether oxygens (including phenoxy) is 1. The third-order valence-electron chi connectivity index (χ3n) is 9.60. The zero-order chi connectivity index (χ0) is 19.0. The first kappa shape index (κ1) is 18.3. The van der Waals surface area contributed by atoms with Crippen LogP contribution in [-0.2, 0) is 14.3 Å². The molecule has 4 heteroatoms. The molecule has 27 heavy (non-hydrogen) atoms. The second-order valence-corrected chi connectivity index (χ2v) is 11.4. The lowest BCUT2D eigenvalue weighted by Gasteiger charge is -2.61. The van der Waals surface area contributed by atoms with Crippen LogP contribution in [0.5, 0.6) is 0 Å². The number of fused-ring (bicyclic) bond motifs is 6. The molecule has 1 aliphatic heterocycles. The van der Waals surface area contributed by atoms with Crippen LogP contribution < -0.4 is 0 Å². The highest BCUT2D eigenvalue weighted by Crippen LogP contribution is 2.70. The van der Waals surface area contributed by atoms with Crippen molar-refractivity contribution in [2.24, 2.45) is 28.6 Å². The SMILES string of the molecule is CSC1CC2=CC(=O)CC[C@]2(C)C2CC[C@@]3(C)C(CC[C@@]34CCC(=O)O4)[C@H]12. The maximum atomic E-state index is 12.1. The number of rotatable bonds is 1. The minimum absolute atomic E-state index is 0.0204. The highest BCUT2D eigenvalue weighted by Gasteiger charge is 2.68. The highest BCUT2D eigenvalue weighted by atomic mass is 32.2. The van der Waals surface area contributed by atoms with E-state index in [9.17, 15) is 9.59 Å². The van der Waals surface area contributed by atoms with Crippen molar-refractivity contribution in [3.8, 4) is 0 Å². The molecule has 0 bridgehead atoms. The van der Waals surface area contributed by atoms with Crippen molar-refractivity contribution in [3.63, 3.8) is 0 Å². The summed E-state index contributed by atoms with van der Waals surface area (Å²) in [6.45, 7) is 4.89. The van der Waals surface area contributed by atoms with Gasteiger partial charge in [-0.15, -0.1) is 0 Å². The van der Waals surface area contributed by atoms with Crippen LogP contribution in [0.15, 0.2) is 11.6 Å². The molecule has 148 valence electrons. The molecule has 3 unspecified atom stereocenters. The lowest BCUT2D eigenvalue weighted by Crippen LogP contribution is -2.57. The average Bonchev–Trinajstić information content (AvgIpc) is 3.16. The van der Waals surface area contributed by atoms with E-state index in [4.69, 9.17) is 4.74 Å². The van der Waals surface area contributed by atoms with Gasteiger partial charge < -0.3 is 4.74 Å². The third-order valence-corrected chi connectivity index (χ3v) is 10.7. The van der Waals surface area contributed by atoms with Crippen molar-refractivity contribution in [3.05, 3.63) is 11.6 Å². The largest absolute Gasteiger partial charge is 0.458 e. The van der Waals surface area contributed by atoms with Gasteiger partial charge in [0.15, 0.2) is 5.78 Å². The third kappa shape index (κ3) is 2.28. The summed E-state index contributed by atoms with van der Waals surface area (Å²) in [4.78, 5) is 24.1. The van der Waals surface area contributed by atoms with E-state index in [1.54, 1.807) is 0 Å². The Bertz CT molecular complexity index is 729. The second kappa shape index (κ2) is 5.87. The number of hydrogen-bond donors (Lipinski definition) is 0. The van der Waals surface area contributed by atoms with E-state index in [-0.39, 0.29) is 22.4 Å². The number of hydrogen-bond acceptors (Lipinski definition) is 4. The summed E-state index contributed by atoms with van der Waals surface area (Å²) >= 11 is 2.01. The molecule has 5 aliphatic rings. The second-order valence-electron chi connectivity index (χ2n) is 10.3. The zero-order valence-corrected chi connectivity index (χ0v) is 17.7. The van der Waals surface area contributed by atoms with E-state index in [1.807, 2.05) is 17.8 Å². The van der Waals surface area contributed by atoms with Gasteiger partial charge in [-0.05, 0) is 80.4 Å². The minimum Gasteiger partial charge on any atom is -0.458 e. The Morgan fingerprint density at radius 1 is 1.04 bits per heavy atom. The normalized spacial score (nSPS) is 51.4. The van der Waals surface area contributed by atoms with Crippen molar-refractivity contribution in [1.29, 1.82) is 0 Å². The van der Waals surface area contributed by atoms with Crippen LogP contribution in [0.25, 0.3) is 0 Å². The number of allylic oxidation sites excluding steroid dienone is 1. The fourth-order valence-corrected chi connectivity index (χ4v) is 9.08. The van der Waals surface area contributed by atoms with Crippen LogP contribution in [0.4, 0.5) is 0 Å². The van der Waals surface area contributed by atoms with Gasteiger partial charge in [-0.25, -0.2) is 0 Å². The number of esters is 1. The monoisotopic (exact) mass is 388 g/mol. The molecule has 4 aliphatic carbocycles. The van der Waals surface area contributed by atoms with Gasteiger partial charge in [0, 0.05) is 23.5 Å². The summed E-state index contributed by atoms with van der Waals surface area (Å²) in [5, 5.41) is 0.595. The maximum absolute atomic E-state index is 12.1. The summed E-state index contributed by atoms with van der Waals surface area (Å²) in [6.07, 6.45) is 13.3. The van der Waals surface area contributed by atoms with Gasteiger partial charge in [0.2, 0.25) is 0 Å². The molecule has 0 aromatic heterocycles. The summed E-state index contributed by atoms with van der Waals surface area (Å²) in [7, 11) is 0. The Balaban J connectivity index is 1.54. The van der Waals surface area contributed by atoms with Crippen LogP contribution in [0.3, 0.4) is 0 Å². The molecule has 0 radical (unpaired) electrons. The van der Waals surface area contributed by atoms with E-state index >= 15 is 0 Å². The van der Waals surface area contributed by atoms with Crippen LogP contribution >= 0.6 is 11.8 Å². The van der Waals surface area contributed by atoms with Gasteiger partial charge in [-0.1, -0.05) is 19.4 Å². The van der Waals surface area contributed by atoms with Gasteiger partial charge in [-0.3, -0.25) is 9.59 Å². The Hall–Kier alpha value is -0.770. The van der Waals surface area contributed by atoms with E-state index in [1.165, 1.54) is 24.8 Å². The molecule has 1 spiro atoms. The molecule has 5 rings (SSSR count). The predicted octanol–water partition coefficient (Wildman–Crippen LogP) is 4.94. The lowest BCUT2D eigenvalue weighted by atomic mass is 9.46. The van der Waals surface area contributed by atoms with Crippen molar-refractivity contribution in [2.75, 3.05) is 6.26 Å². The fourth-order valence-electron chi connectivity index (χ4n) is 8.04. The Kier molecular flexibility index (Phi) is 3.97. The van der Waals surface area contributed by atoms with E-state index < -0.39 is 0 Å². The number of thioether (sulfide) groups is 1. The molecule has 3 saturated carbocycles. The Morgan fingerprint density at radius 3 is 2.52 bits per heavy atom. The van der Waals surface area contributed by atoms with Crippen molar-refractivity contribution < 1.29 is 14.3 Å². The molecule has 0 aromatic carbocycles. The van der Waals surface area contributed by atoms with E-state index in [2.05, 4.69) is 20.1 Å². The first-order valence-electron chi connectivity index (χ1n) is 10.8.